The molecule has 1 aromatic carbocycles. The zero-order valence-corrected chi connectivity index (χ0v) is 8.85. The molecule has 4 heteroatoms. The molecule has 0 fully saturated rings. The van der Waals surface area contributed by atoms with Crippen LogP contribution in [0, 0.1) is 0 Å². The Morgan fingerprint density at radius 1 is 1.44 bits per heavy atom. The molecule has 0 bridgehead atoms. The molecule has 2 rings (SSSR count). The average Bonchev–Trinajstić information content (AvgIpc) is 2.80. The van der Waals surface area contributed by atoms with Crippen LogP contribution in [-0.4, -0.2) is 30.1 Å². The van der Waals surface area contributed by atoms with Gasteiger partial charge in [0.2, 0.25) is 5.90 Å². The highest BCUT2D eigenvalue weighted by Gasteiger charge is 2.14. The predicted octanol–water partition coefficient (Wildman–Crippen LogP) is 1.48. The minimum atomic E-state index is -0.788. The molecule has 4 nitrogen and oxygen atoms in total. The summed E-state index contributed by atoms with van der Waals surface area (Å²) in [5, 5.41) is 8.67. The first-order valence-corrected chi connectivity index (χ1v) is 5.24. The lowest BCUT2D eigenvalue weighted by atomic mass is 10.0. The van der Waals surface area contributed by atoms with Crippen LogP contribution in [0.4, 0.5) is 0 Å². The molecule has 1 aliphatic heterocycles. The molecule has 0 aliphatic carbocycles. The van der Waals surface area contributed by atoms with Gasteiger partial charge in [0.15, 0.2) is 0 Å². The van der Waals surface area contributed by atoms with Crippen LogP contribution in [0.3, 0.4) is 0 Å². The smallest absolute Gasteiger partial charge is 0.303 e. The lowest BCUT2D eigenvalue weighted by molar-refractivity contribution is -0.136. The highest BCUT2D eigenvalue weighted by Crippen LogP contribution is 2.15. The highest BCUT2D eigenvalue weighted by atomic mass is 16.5. The third kappa shape index (κ3) is 2.39. The van der Waals surface area contributed by atoms with E-state index >= 15 is 0 Å². The Kier molecular flexibility index (Phi) is 3.19. The third-order valence-corrected chi connectivity index (χ3v) is 2.44. The molecule has 0 aromatic heterocycles. The van der Waals surface area contributed by atoms with E-state index in [4.69, 9.17) is 9.84 Å². The van der Waals surface area contributed by atoms with Crippen molar-refractivity contribution < 1.29 is 14.6 Å². The second-order valence-corrected chi connectivity index (χ2v) is 3.59. The molecule has 0 amide bonds. The van der Waals surface area contributed by atoms with Crippen molar-refractivity contribution in [2.45, 2.75) is 12.8 Å². The van der Waals surface area contributed by atoms with Crippen LogP contribution in [0.2, 0.25) is 0 Å². The molecular weight excluding hydrogens is 206 g/mol. The van der Waals surface area contributed by atoms with Gasteiger partial charge in [-0.25, -0.2) is 4.99 Å². The number of ether oxygens (including phenoxy) is 1. The zero-order chi connectivity index (χ0) is 11.4. The van der Waals surface area contributed by atoms with Crippen molar-refractivity contribution in [3.8, 4) is 0 Å². The topological polar surface area (TPSA) is 58.9 Å². The molecule has 16 heavy (non-hydrogen) atoms. The molecule has 0 spiro atoms. The van der Waals surface area contributed by atoms with E-state index in [1.807, 2.05) is 24.3 Å². The molecule has 0 unspecified atom stereocenters. The van der Waals surface area contributed by atoms with Crippen LogP contribution >= 0.6 is 0 Å². The first kappa shape index (κ1) is 10.7. The van der Waals surface area contributed by atoms with Crippen LogP contribution in [0.5, 0.6) is 0 Å². The Labute approximate surface area is 93.6 Å². The number of carboxylic acid groups (broad SMARTS) is 1. The maximum absolute atomic E-state index is 10.5. The molecule has 84 valence electrons. The average molecular weight is 219 g/mol. The van der Waals surface area contributed by atoms with E-state index < -0.39 is 5.97 Å². The lowest BCUT2D eigenvalue weighted by Crippen LogP contribution is -2.07. The molecule has 1 heterocycles. The summed E-state index contributed by atoms with van der Waals surface area (Å²) in [6.45, 7) is 1.30. The summed E-state index contributed by atoms with van der Waals surface area (Å²) < 4.78 is 5.39. The summed E-state index contributed by atoms with van der Waals surface area (Å²) in [6, 6.07) is 7.64. The fraction of sp³-hybridized carbons (Fsp3) is 0.333. The van der Waals surface area contributed by atoms with E-state index in [9.17, 15) is 4.79 Å². The number of nitrogens with zero attached hydrogens (tertiary/aromatic N) is 1. The Hall–Kier alpha value is -1.84. The maximum atomic E-state index is 10.5. The molecule has 1 aromatic rings. The molecular formula is C12H13NO3. The van der Waals surface area contributed by atoms with Gasteiger partial charge in [0, 0.05) is 12.0 Å². The monoisotopic (exact) mass is 219 g/mol. The van der Waals surface area contributed by atoms with Crippen LogP contribution < -0.4 is 0 Å². The first-order chi connectivity index (χ1) is 7.77. The molecule has 0 saturated carbocycles. The summed E-state index contributed by atoms with van der Waals surface area (Å²) in [5.74, 6) is -0.148. The SMILES string of the molecule is O=C(O)CCc1ccccc1C1=NCCO1. The molecule has 0 radical (unpaired) electrons. The number of carboxylic acids is 1. The van der Waals surface area contributed by atoms with Crippen molar-refractivity contribution in [2.75, 3.05) is 13.2 Å². The normalized spacial score (nSPS) is 14.4. The van der Waals surface area contributed by atoms with Crippen LogP contribution in [0.15, 0.2) is 29.3 Å². The van der Waals surface area contributed by atoms with Gasteiger partial charge in [0.1, 0.15) is 6.61 Å². The largest absolute Gasteiger partial charge is 0.481 e. The van der Waals surface area contributed by atoms with Crippen molar-refractivity contribution in [3.05, 3.63) is 35.4 Å². The Morgan fingerprint density at radius 2 is 2.25 bits per heavy atom. The Balaban J connectivity index is 2.20. The number of aliphatic carboxylic acids is 1. The van der Waals surface area contributed by atoms with Gasteiger partial charge in [-0.1, -0.05) is 18.2 Å². The third-order valence-electron chi connectivity index (χ3n) is 2.44. The second kappa shape index (κ2) is 4.79. The minimum Gasteiger partial charge on any atom is -0.481 e. The predicted molar refractivity (Wildman–Crippen MR) is 59.8 cm³/mol. The van der Waals surface area contributed by atoms with E-state index in [1.165, 1.54) is 0 Å². The number of hydrogen-bond donors (Lipinski definition) is 1. The quantitative estimate of drug-likeness (QED) is 0.834. The van der Waals surface area contributed by atoms with Crippen molar-refractivity contribution in [3.63, 3.8) is 0 Å². The summed E-state index contributed by atoms with van der Waals surface area (Å²) in [4.78, 5) is 14.8. The van der Waals surface area contributed by atoms with Crippen LogP contribution in [-0.2, 0) is 16.0 Å². The molecule has 1 aliphatic rings. The van der Waals surface area contributed by atoms with Gasteiger partial charge in [-0.3, -0.25) is 4.79 Å². The van der Waals surface area contributed by atoms with Gasteiger partial charge in [-0.2, -0.15) is 0 Å². The van der Waals surface area contributed by atoms with Crippen LogP contribution in [0.25, 0.3) is 0 Å². The van der Waals surface area contributed by atoms with Gasteiger partial charge in [0.25, 0.3) is 0 Å². The van der Waals surface area contributed by atoms with Crippen molar-refractivity contribution in [1.82, 2.24) is 0 Å². The Morgan fingerprint density at radius 3 is 2.94 bits per heavy atom. The number of carbonyl (C=O) groups is 1. The van der Waals surface area contributed by atoms with Crippen molar-refractivity contribution in [2.24, 2.45) is 4.99 Å². The fourth-order valence-corrected chi connectivity index (χ4v) is 1.69. The van der Waals surface area contributed by atoms with E-state index in [2.05, 4.69) is 4.99 Å². The van der Waals surface area contributed by atoms with E-state index in [0.717, 1.165) is 11.1 Å². The van der Waals surface area contributed by atoms with Gasteiger partial charge in [-0.05, 0) is 18.1 Å². The van der Waals surface area contributed by atoms with E-state index in [0.29, 0.717) is 25.5 Å². The zero-order valence-electron chi connectivity index (χ0n) is 8.85. The molecule has 0 saturated heterocycles. The van der Waals surface area contributed by atoms with Gasteiger partial charge in [-0.15, -0.1) is 0 Å². The summed E-state index contributed by atoms with van der Waals surface area (Å²) in [5.41, 5.74) is 1.90. The minimum absolute atomic E-state index is 0.129. The molecule has 0 atom stereocenters. The summed E-state index contributed by atoms with van der Waals surface area (Å²) >= 11 is 0. The van der Waals surface area contributed by atoms with E-state index in [-0.39, 0.29) is 6.42 Å². The van der Waals surface area contributed by atoms with Crippen molar-refractivity contribution >= 4 is 11.9 Å². The Bertz CT molecular complexity index is 426. The molecule has 1 N–H and O–H groups in total. The standard InChI is InChI=1S/C12H13NO3/c14-11(15)6-5-9-3-1-2-4-10(9)12-13-7-8-16-12/h1-4H,5-8H2,(H,14,15). The number of aryl methyl sites for hydroxylation is 1. The fourth-order valence-electron chi connectivity index (χ4n) is 1.69. The number of benzene rings is 1. The van der Waals surface area contributed by atoms with E-state index in [1.54, 1.807) is 0 Å². The van der Waals surface area contributed by atoms with Gasteiger partial charge >= 0.3 is 5.97 Å². The maximum Gasteiger partial charge on any atom is 0.303 e. The lowest BCUT2D eigenvalue weighted by Gasteiger charge is -2.07. The number of hydrogen-bond acceptors (Lipinski definition) is 3. The van der Waals surface area contributed by atoms with Crippen LogP contribution in [0.1, 0.15) is 17.5 Å². The summed E-state index contributed by atoms with van der Waals surface area (Å²) in [7, 11) is 0. The highest BCUT2D eigenvalue weighted by molar-refractivity contribution is 5.96. The van der Waals surface area contributed by atoms with Crippen molar-refractivity contribution in [1.29, 1.82) is 0 Å². The van der Waals surface area contributed by atoms with Gasteiger partial charge < -0.3 is 9.84 Å². The number of aliphatic imine (C=N–C) groups is 1. The number of rotatable bonds is 4. The second-order valence-electron chi connectivity index (χ2n) is 3.59. The summed E-state index contributed by atoms with van der Waals surface area (Å²) in [6.07, 6.45) is 0.637. The first-order valence-electron chi connectivity index (χ1n) is 5.24. The van der Waals surface area contributed by atoms with Gasteiger partial charge in [0.05, 0.1) is 6.54 Å².